The summed E-state index contributed by atoms with van der Waals surface area (Å²) in [4.78, 5) is 16.1. The SMILES string of the molecule is COc1ccc(/C=C2\N=C(C3CC3)NC2=O)cc1. The molecule has 0 unspecified atom stereocenters. The number of carbonyl (C=O) groups excluding carboxylic acids is 1. The molecule has 0 radical (unpaired) electrons. The first kappa shape index (κ1) is 11.0. The monoisotopic (exact) mass is 242 g/mol. The van der Waals surface area contributed by atoms with Crippen molar-refractivity contribution in [1.29, 1.82) is 0 Å². The number of benzene rings is 1. The Kier molecular flexibility index (Phi) is 2.63. The Morgan fingerprint density at radius 3 is 2.67 bits per heavy atom. The van der Waals surface area contributed by atoms with Crippen LogP contribution in [0.5, 0.6) is 5.75 Å². The molecule has 92 valence electrons. The van der Waals surface area contributed by atoms with Gasteiger partial charge in [0.1, 0.15) is 17.3 Å². The van der Waals surface area contributed by atoms with Crippen molar-refractivity contribution in [2.24, 2.45) is 10.9 Å². The lowest BCUT2D eigenvalue weighted by molar-refractivity contribution is -0.115. The molecule has 1 amide bonds. The quantitative estimate of drug-likeness (QED) is 0.824. The lowest BCUT2D eigenvalue weighted by atomic mass is 10.2. The smallest absolute Gasteiger partial charge is 0.275 e. The molecule has 0 spiro atoms. The molecule has 1 N–H and O–H groups in total. The van der Waals surface area contributed by atoms with Crippen LogP contribution >= 0.6 is 0 Å². The van der Waals surface area contributed by atoms with Crippen LogP contribution in [-0.2, 0) is 4.79 Å². The molecule has 0 atom stereocenters. The maximum atomic E-state index is 11.7. The van der Waals surface area contributed by atoms with Crippen LogP contribution in [0.4, 0.5) is 0 Å². The molecule has 1 heterocycles. The molecule has 1 saturated carbocycles. The van der Waals surface area contributed by atoms with E-state index in [2.05, 4.69) is 10.3 Å². The molecule has 4 nitrogen and oxygen atoms in total. The number of amides is 1. The Labute approximate surface area is 105 Å². The third kappa shape index (κ3) is 2.14. The van der Waals surface area contributed by atoms with Gasteiger partial charge in [0.2, 0.25) is 0 Å². The molecule has 1 aliphatic carbocycles. The number of methoxy groups -OCH3 is 1. The predicted molar refractivity (Wildman–Crippen MR) is 69.3 cm³/mol. The second kappa shape index (κ2) is 4.29. The van der Waals surface area contributed by atoms with Gasteiger partial charge in [0.25, 0.3) is 5.91 Å². The molecule has 3 rings (SSSR count). The molecule has 4 heteroatoms. The van der Waals surface area contributed by atoms with E-state index in [1.165, 1.54) is 0 Å². The van der Waals surface area contributed by atoms with Crippen molar-refractivity contribution >= 4 is 17.8 Å². The van der Waals surface area contributed by atoms with E-state index in [9.17, 15) is 4.79 Å². The van der Waals surface area contributed by atoms with Gasteiger partial charge in [-0.15, -0.1) is 0 Å². The van der Waals surface area contributed by atoms with E-state index < -0.39 is 0 Å². The number of ether oxygens (including phenoxy) is 1. The lowest BCUT2D eigenvalue weighted by Crippen LogP contribution is -2.25. The number of hydrogen-bond donors (Lipinski definition) is 1. The summed E-state index contributed by atoms with van der Waals surface area (Å²) in [7, 11) is 1.63. The van der Waals surface area contributed by atoms with Gasteiger partial charge < -0.3 is 10.1 Å². The fourth-order valence-corrected chi connectivity index (χ4v) is 1.89. The van der Waals surface area contributed by atoms with Gasteiger partial charge in [-0.3, -0.25) is 4.79 Å². The molecule has 0 bridgehead atoms. The number of amidine groups is 1. The third-order valence-electron chi connectivity index (χ3n) is 3.10. The average Bonchev–Trinajstić information content (AvgIpc) is 3.17. The van der Waals surface area contributed by atoms with Crippen molar-refractivity contribution in [3.63, 3.8) is 0 Å². The highest BCUT2D eigenvalue weighted by atomic mass is 16.5. The Bertz CT molecular complexity index is 539. The van der Waals surface area contributed by atoms with Gasteiger partial charge in [0.05, 0.1) is 7.11 Å². The fraction of sp³-hybridized carbons (Fsp3) is 0.286. The van der Waals surface area contributed by atoms with Gasteiger partial charge in [-0.2, -0.15) is 0 Å². The van der Waals surface area contributed by atoms with Crippen LogP contribution in [0, 0.1) is 5.92 Å². The Balaban J connectivity index is 1.84. The molecule has 0 aromatic heterocycles. The number of carbonyl (C=O) groups is 1. The standard InChI is InChI=1S/C14H14N2O2/c1-18-11-6-2-9(3-7-11)8-12-14(17)16-13(15-12)10-4-5-10/h2-3,6-8,10H,4-5H2,1H3,(H,15,16,17)/b12-8-. The van der Waals surface area contributed by atoms with E-state index in [0.29, 0.717) is 11.6 Å². The van der Waals surface area contributed by atoms with Gasteiger partial charge in [0.15, 0.2) is 0 Å². The summed E-state index contributed by atoms with van der Waals surface area (Å²) >= 11 is 0. The minimum atomic E-state index is -0.104. The zero-order valence-corrected chi connectivity index (χ0v) is 10.1. The first-order valence-corrected chi connectivity index (χ1v) is 6.02. The number of aliphatic imine (C=N–C) groups is 1. The molecule has 1 aromatic carbocycles. The minimum absolute atomic E-state index is 0.104. The molecule has 1 aromatic rings. The highest BCUT2D eigenvalue weighted by Crippen LogP contribution is 2.32. The van der Waals surface area contributed by atoms with Gasteiger partial charge in [0, 0.05) is 5.92 Å². The normalized spacial score (nSPS) is 20.8. The van der Waals surface area contributed by atoms with Crippen molar-refractivity contribution in [2.75, 3.05) is 7.11 Å². The predicted octanol–water partition coefficient (Wildman–Crippen LogP) is 1.97. The van der Waals surface area contributed by atoms with Crippen molar-refractivity contribution in [3.05, 3.63) is 35.5 Å². The van der Waals surface area contributed by atoms with Crippen molar-refractivity contribution in [3.8, 4) is 5.75 Å². The average molecular weight is 242 g/mol. The maximum Gasteiger partial charge on any atom is 0.275 e. The molecule has 1 fully saturated rings. The highest BCUT2D eigenvalue weighted by molar-refractivity contribution is 6.15. The summed E-state index contributed by atoms with van der Waals surface area (Å²) in [5.41, 5.74) is 1.43. The van der Waals surface area contributed by atoms with E-state index in [1.807, 2.05) is 24.3 Å². The largest absolute Gasteiger partial charge is 0.497 e. The second-order valence-corrected chi connectivity index (χ2v) is 4.53. The van der Waals surface area contributed by atoms with Crippen molar-refractivity contribution in [2.45, 2.75) is 12.8 Å². The fourth-order valence-electron chi connectivity index (χ4n) is 1.89. The zero-order chi connectivity index (χ0) is 12.5. The van der Waals surface area contributed by atoms with E-state index in [0.717, 1.165) is 30.0 Å². The van der Waals surface area contributed by atoms with E-state index in [1.54, 1.807) is 13.2 Å². The summed E-state index contributed by atoms with van der Waals surface area (Å²) < 4.78 is 5.09. The van der Waals surface area contributed by atoms with Crippen LogP contribution < -0.4 is 10.1 Å². The van der Waals surface area contributed by atoms with Crippen LogP contribution in [0.2, 0.25) is 0 Å². The number of rotatable bonds is 3. The Hall–Kier alpha value is -2.10. The Morgan fingerprint density at radius 2 is 2.06 bits per heavy atom. The third-order valence-corrected chi connectivity index (χ3v) is 3.10. The summed E-state index contributed by atoms with van der Waals surface area (Å²) in [6, 6.07) is 7.54. The first-order valence-electron chi connectivity index (χ1n) is 6.02. The van der Waals surface area contributed by atoms with Gasteiger partial charge >= 0.3 is 0 Å². The van der Waals surface area contributed by atoms with E-state index in [4.69, 9.17) is 4.74 Å². The summed E-state index contributed by atoms with van der Waals surface area (Å²) in [6.45, 7) is 0. The number of nitrogens with zero attached hydrogens (tertiary/aromatic N) is 1. The van der Waals surface area contributed by atoms with Crippen LogP contribution in [-0.4, -0.2) is 18.9 Å². The highest BCUT2D eigenvalue weighted by Gasteiger charge is 2.33. The minimum Gasteiger partial charge on any atom is -0.497 e. The van der Waals surface area contributed by atoms with Crippen LogP contribution in [0.25, 0.3) is 6.08 Å². The second-order valence-electron chi connectivity index (χ2n) is 4.53. The molecule has 2 aliphatic rings. The summed E-state index contributed by atoms with van der Waals surface area (Å²) in [5.74, 6) is 2.00. The molecular formula is C14H14N2O2. The van der Waals surface area contributed by atoms with Crippen LogP contribution in [0.1, 0.15) is 18.4 Å². The van der Waals surface area contributed by atoms with E-state index in [-0.39, 0.29) is 5.91 Å². The molecule has 1 aliphatic heterocycles. The Morgan fingerprint density at radius 1 is 1.33 bits per heavy atom. The van der Waals surface area contributed by atoms with E-state index >= 15 is 0 Å². The number of nitrogens with one attached hydrogen (secondary N) is 1. The zero-order valence-electron chi connectivity index (χ0n) is 10.1. The lowest BCUT2D eigenvalue weighted by Gasteiger charge is -1.99. The molecular weight excluding hydrogens is 228 g/mol. The summed E-state index contributed by atoms with van der Waals surface area (Å²) in [6.07, 6.45) is 4.06. The van der Waals surface area contributed by atoms with Gasteiger partial charge in [-0.1, -0.05) is 12.1 Å². The molecule has 0 saturated heterocycles. The van der Waals surface area contributed by atoms with Crippen molar-refractivity contribution in [1.82, 2.24) is 5.32 Å². The van der Waals surface area contributed by atoms with Gasteiger partial charge in [-0.25, -0.2) is 4.99 Å². The number of hydrogen-bond acceptors (Lipinski definition) is 3. The van der Waals surface area contributed by atoms with Gasteiger partial charge in [-0.05, 0) is 36.6 Å². The summed E-state index contributed by atoms with van der Waals surface area (Å²) in [5, 5.41) is 2.83. The van der Waals surface area contributed by atoms with Crippen LogP contribution in [0.15, 0.2) is 35.0 Å². The first-order chi connectivity index (χ1) is 8.76. The topological polar surface area (TPSA) is 50.7 Å². The van der Waals surface area contributed by atoms with Crippen LogP contribution in [0.3, 0.4) is 0 Å². The molecule has 18 heavy (non-hydrogen) atoms. The maximum absolute atomic E-state index is 11.7. The van der Waals surface area contributed by atoms with Crippen molar-refractivity contribution < 1.29 is 9.53 Å².